The first-order valence-electron chi connectivity index (χ1n) is 5.88. The van der Waals surface area contributed by atoms with Gasteiger partial charge in [0.25, 0.3) is 0 Å². The van der Waals surface area contributed by atoms with Crippen molar-refractivity contribution in [3.8, 4) is 11.5 Å². The monoisotopic (exact) mass is 253 g/mol. The van der Waals surface area contributed by atoms with Crippen LogP contribution in [0.4, 0.5) is 0 Å². The zero-order chi connectivity index (χ0) is 13.5. The Morgan fingerprint density at radius 2 is 2.17 bits per heavy atom. The van der Waals surface area contributed by atoms with Gasteiger partial charge in [-0.1, -0.05) is 6.58 Å². The second-order valence-electron chi connectivity index (χ2n) is 3.94. The van der Waals surface area contributed by atoms with E-state index in [0.717, 1.165) is 12.8 Å². The van der Waals surface area contributed by atoms with Crippen molar-refractivity contribution < 1.29 is 19.1 Å². The maximum atomic E-state index is 10.9. The van der Waals surface area contributed by atoms with Crippen molar-refractivity contribution in [1.29, 1.82) is 0 Å². The van der Waals surface area contributed by atoms with Gasteiger partial charge < -0.3 is 19.6 Å². The molecule has 0 radical (unpaired) electrons. The van der Waals surface area contributed by atoms with E-state index in [4.69, 9.17) is 9.15 Å². The summed E-state index contributed by atoms with van der Waals surface area (Å²) >= 11 is 0. The fraction of sp³-hybridized carbons (Fsp3) is 0.462. The highest BCUT2D eigenvalue weighted by atomic mass is 16.5. The highest BCUT2D eigenvalue weighted by Crippen LogP contribution is 2.35. The zero-order valence-corrected chi connectivity index (χ0v) is 10.8. The molecule has 18 heavy (non-hydrogen) atoms. The Morgan fingerprint density at radius 1 is 1.44 bits per heavy atom. The lowest BCUT2D eigenvalue weighted by molar-refractivity contribution is -0.116. The Hall–Kier alpha value is -1.91. The van der Waals surface area contributed by atoms with Crippen LogP contribution in [-0.2, 0) is 4.79 Å². The van der Waals surface area contributed by atoms with Gasteiger partial charge in [0.2, 0.25) is 11.7 Å². The molecule has 1 rings (SSSR count). The molecular formula is C13H19NO4. The summed E-state index contributed by atoms with van der Waals surface area (Å²) < 4.78 is 10.7. The van der Waals surface area contributed by atoms with Gasteiger partial charge in [0.05, 0.1) is 6.61 Å². The molecule has 0 bridgehead atoms. The van der Waals surface area contributed by atoms with Gasteiger partial charge in [-0.25, -0.2) is 0 Å². The smallest absolute Gasteiger partial charge is 0.243 e. The first kappa shape index (κ1) is 14.2. The number of aryl methyl sites for hydroxylation is 2. The molecule has 5 nitrogen and oxygen atoms in total. The molecule has 0 atom stereocenters. The topological polar surface area (TPSA) is 71.7 Å². The summed E-state index contributed by atoms with van der Waals surface area (Å²) in [5.41, 5.74) is 0. The van der Waals surface area contributed by atoms with Gasteiger partial charge in [-0.3, -0.25) is 4.79 Å². The van der Waals surface area contributed by atoms with Crippen LogP contribution in [0.2, 0.25) is 0 Å². The van der Waals surface area contributed by atoms with E-state index in [1.54, 1.807) is 13.8 Å². The van der Waals surface area contributed by atoms with Gasteiger partial charge >= 0.3 is 0 Å². The molecule has 2 N–H and O–H groups in total. The molecule has 100 valence electrons. The summed E-state index contributed by atoms with van der Waals surface area (Å²) in [7, 11) is 0. The van der Waals surface area contributed by atoms with Crippen molar-refractivity contribution in [1.82, 2.24) is 5.32 Å². The van der Waals surface area contributed by atoms with E-state index in [1.807, 2.05) is 0 Å². The number of aromatic hydroxyl groups is 1. The summed E-state index contributed by atoms with van der Waals surface area (Å²) in [6, 6.07) is 0. The summed E-state index contributed by atoms with van der Waals surface area (Å²) in [5, 5.41) is 12.3. The van der Waals surface area contributed by atoms with Gasteiger partial charge in [0, 0.05) is 6.54 Å². The number of hydrogen-bond donors (Lipinski definition) is 2. The van der Waals surface area contributed by atoms with Crippen LogP contribution in [-0.4, -0.2) is 24.2 Å². The van der Waals surface area contributed by atoms with Crippen molar-refractivity contribution in [2.45, 2.75) is 26.7 Å². The summed E-state index contributed by atoms with van der Waals surface area (Å²) in [5.74, 6) is 1.33. The lowest BCUT2D eigenvalue weighted by Crippen LogP contribution is -2.22. The fourth-order valence-corrected chi connectivity index (χ4v) is 1.51. The van der Waals surface area contributed by atoms with Crippen LogP contribution in [0.15, 0.2) is 17.1 Å². The SMILES string of the molecule is C=CC(=O)NCCCCOc1c(C)oc(C)c1O. The van der Waals surface area contributed by atoms with E-state index in [9.17, 15) is 9.90 Å². The molecule has 1 heterocycles. The largest absolute Gasteiger partial charge is 0.502 e. The van der Waals surface area contributed by atoms with Crippen molar-refractivity contribution in [3.05, 3.63) is 24.2 Å². The number of carbonyl (C=O) groups excluding carboxylic acids is 1. The lowest BCUT2D eigenvalue weighted by atomic mass is 10.3. The van der Waals surface area contributed by atoms with Crippen LogP contribution >= 0.6 is 0 Å². The summed E-state index contributed by atoms with van der Waals surface area (Å²) in [4.78, 5) is 10.9. The third kappa shape index (κ3) is 3.84. The zero-order valence-electron chi connectivity index (χ0n) is 10.8. The minimum Gasteiger partial charge on any atom is -0.502 e. The van der Waals surface area contributed by atoms with E-state index in [2.05, 4.69) is 11.9 Å². The molecule has 1 aromatic rings. The quantitative estimate of drug-likeness (QED) is 0.576. The molecule has 0 unspecified atom stereocenters. The first-order chi connectivity index (χ1) is 8.56. The fourth-order valence-electron chi connectivity index (χ4n) is 1.51. The number of hydrogen-bond acceptors (Lipinski definition) is 4. The first-order valence-corrected chi connectivity index (χ1v) is 5.88. The molecule has 5 heteroatoms. The van der Waals surface area contributed by atoms with E-state index in [0.29, 0.717) is 30.4 Å². The van der Waals surface area contributed by atoms with Crippen LogP contribution in [0.1, 0.15) is 24.4 Å². The number of furan rings is 1. The number of carbonyl (C=O) groups is 1. The third-order valence-corrected chi connectivity index (χ3v) is 2.48. The second kappa shape index (κ2) is 6.74. The average molecular weight is 253 g/mol. The summed E-state index contributed by atoms with van der Waals surface area (Å²) in [6.45, 7) is 7.84. The maximum absolute atomic E-state index is 10.9. The standard InChI is InChI=1S/C13H19NO4/c1-4-11(15)14-7-5-6-8-17-13-10(3)18-9(2)12(13)16/h4,16H,1,5-8H2,2-3H3,(H,14,15). The molecule has 0 fully saturated rings. The molecule has 0 aliphatic carbocycles. The third-order valence-electron chi connectivity index (χ3n) is 2.48. The Kier molecular flexibility index (Phi) is 5.30. The highest BCUT2D eigenvalue weighted by molar-refractivity contribution is 5.86. The summed E-state index contributed by atoms with van der Waals surface area (Å²) in [6.07, 6.45) is 2.82. The number of ether oxygens (including phenoxy) is 1. The maximum Gasteiger partial charge on any atom is 0.243 e. The Labute approximate surface area is 106 Å². The molecular weight excluding hydrogens is 234 g/mol. The van der Waals surface area contributed by atoms with Crippen LogP contribution in [0.5, 0.6) is 11.5 Å². The molecule has 0 aliphatic heterocycles. The van der Waals surface area contributed by atoms with Crippen LogP contribution < -0.4 is 10.1 Å². The molecule has 0 saturated heterocycles. The van der Waals surface area contributed by atoms with Crippen LogP contribution in [0, 0.1) is 13.8 Å². The molecule has 0 spiro atoms. The van der Waals surface area contributed by atoms with E-state index in [-0.39, 0.29) is 11.7 Å². The number of unbranched alkanes of at least 4 members (excludes halogenated alkanes) is 1. The van der Waals surface area contributed by atoms with E-state index < -0.39 is 0 Å². The lowest BCUT2D eigenvalue weighted by Gasteiger charge is -2.05. The normalized spacial score (nSPS) is 10.1. The van der Waals surface area contributed by atoms with E-state index in [1.165, 1.54) is 6.08 Å². The predicted molar refractivity (Wildman–Crippen MR) is 67.8 cm³/mol. The Bertz CT molecular complexity index is 423. The van der Waals surface area contributed by atoms with Crippen molar-refractivity contribution in [2.75, 3.05) is 13.2 Å². The highest BCUT2D eigenvalue weighted by Gasteiger charge is 2.14. The molecule has 0 aromatic carbocycles. The van der Waals surface area contributed by atoms with Crippen LogP contribution in [0.3, 0.4) is 0 Å². The van der Waals surface area contributed by atoms with Gasteiger partial charge in [-0.2, -0.15) is 0 Å². The Morgan fingerprint density at radius 3 is 2.72 bits per heavy atom. The van der Waals surface area contributed by atoms with Crippen molar-refractivity contribution in [2.24, 2.45) is 0 Å². The van der Waals surface area contributed by atoms with Gasteiger partial charge in [0.15, 0.2) is 5.75 Å². The van der Waals surface area contributed by atoms with Gasteiger partial charge in [-0.15, -0.1) is 0 Å². The molecule has 1 aromatic heterocycles. The molecule has 1 amide bonds. The minimum absolute atomic E-state index is 0.0625. The predicted octanol–water partition coefficient (Wildman–Crippen LogP) is 2.06. The minimum atomic E-state index is -0.171. The van der Waals surface area contributed by atoms with E-state index >= 15 is 0 Å². The number of nitrogens with one attached hydrogen (secondary N) is 1. The molecule has 0 aliphatic rings. The number of rotatable bonds is 7. The van der Waals surface area contributed by atoms with Gasteiger partial charge in [0.1, 0.15) is 11.5 Å². The molecule has 0 saturated carbocycles. The number of amides is 1. The van der Waals surface area contributed by atoms with Crippen molar-refractivity contribution in [3.63, 3.8) is 0 Å². The average Bonchev–Trinajstić information content (AvgIpc) is 2.59. The van der Waals surface area contributed by atoms with Gasteiger partial charge in [-0.05, 0) is 32.8 Å². The Balaban J connectivity index is 2.22. The van der Waals surface area contributed by atoms with Crippen molar-refractivity contribution >= 4 is 5.91 Å². The van der Waals surface area contributed by atoms with Crippen LogP contribution in [0.25, 0.3) is 0 Å². The second-order valence-corrected chi connectivity index (χ2v) is 3.94.